The van der Waals surface area contributed by atoms with Crippen molar-refractivity contribution < 1.29 is 17.6 Å². The van der Waals surface area contributed by atoms with Crippen LogP contribution in [-0.4, -0.2) is 38.4 Å². The van der Waals surface area contributed by atoms with Crippen molar-refractivity contribution in [1.82, 2.24) is 4.98 Å². The van der Waals surface area contributed by atoms with Gasteiger partial charge in [0.25, 0.3) is 0 Å². The number of nitrogens with two attached hydrogens (primary N) is 2. The van der Waals surface area contributed by atoms with E-state index in [4.69, 9.17) is 22.5 Å². The number of pyridine rings is 1. The molecule has 0 aliphatic carbocycles. The number of carbonyl (C=O) groups excluding carboxylic acids is 1. The number of fused-ring (bicyclic) bond motifs is 1. The van der Waals surface area contributed by atoms with Crippen molar-refractivity contribution in [2.45, 2.75) is 24.3 Å². The summed E-state index contributed by atoms with van der Waals surface area (Å²) in [5, 5.41) is 5.68. The van der Waals surface area contributed by atoms with Crippen molar-refractivity contribution in [3.63, 3.8) is 0 Å². The Balaban J connectivity index is 1.32. The largest absolute Gasteiger partial charge is 0.383 e. The van der Waals surface area contributed by atoms with E-state index in [1.165, 1.54) is 6.07 Å². The van der Waals surface area contributed by atoms with Gasteiger partial charge in [-0.25, -0.2) is 22.9 Å². The lowest BCUT2D eigenvalue weighted by Crippen LogP contribution is -2.55. The second-order valence-electron chi connectivity index (χ2n) is 8.92. The Hall–Kier alpha value is -3.21. The molecule has 11 heteroatoms. The fraction of sp³-hybridized carbons (Fsp3) is 0.250. The molecule has 0 unspecified atom stereocenters. The van der Waals surface area contributed by atoms with Crippen molar-refractivity contribution in [3.05, 3.63) is 65.1 Å². The van der Waals surface area contributed by atoms with Crippen LogP contribution in [-0.2, 0) is 21.2 Å². The monoisotopic (exact) mass is 515 g/mol. The van der Waals surface area contributed by atoms with E-state index >= 15 is 0 Å². The smallest absolute Gasteiger partial charge is 0.241 e. The molecular formula is C24H23ClFN5O3S. The van der Waals surface area contributed by atoms with Gasteiger partial charge in [-0.15, -0.1) is 0 Å². The van der Waals surface area contributed by atoms with Gasteiger partial charge in [-0.1, -0.05) is 23.7 Å². The van der Waals surface area contributed by atoms with E-state index in [1.54, 1.807) is 17.2 Å². The van der Waals surface area contributed by atoms with Gasteiger partial charge in [-0.3, -0.25) is 4.79 Å². The van der Waals surface area contributed by atoms with Crippen molar-refractivity contribution in [2.75, 3.05) is 28.6 Å². The molecule has 1 amide bonds. The van der Waals surface area contributed by atoms with Crippen molar-refractivity contribution in [2.24, 2.45) is 11.1 Å². The number of sulfonamides is 1. The molecule has 1 aromatic heterocycles. The molecule has 3 aromatic rings. The predicted octanol–water partition coefficient (Wildman–Crippen LogP) is 3.18. The highest BCUT2D eigenvalue weighted by Crippen LogP contribution is 2.38. The van der Waals surface area contributed by atoms with Gasteiger partial charge >= 0.3 is 0 Å². The van der Waals surface area contributed by atoms with Gasteiger partial charge in [0.05, 0.1) is 10.9 Å². The van der Waals surface area contributed by atoms with Crippen LogP contribution in [0.4, 0.5) is 21.6 Å². The lowest BCUT2D eigenvalue weighted by Gasteiger charge is -2.42. The molecule has 0 bridgehead atoms. The quantitative estimate of drug-likeness (QED) is 0.550. The molecule has 1 fully saturated rings. The number of carbonyl (C=O) groups is 1. The molecule has 2 aromatic carbocycles. The third-order valence-corrected chi connectivity index (χ3v) is 7.81. The number of rotatable bonds is 4. The maximum absolute atomic E-state index is 14.3. The van der Waals surface area contributed by atoms with Crippen molar-refractivity contribution in [3.8, 4) is 11.1 Å². The normalized spacial score (nSPS) is 17.9. The van der Waals surface area contributed by atoms with E-state index < -0.39 is 20.7 Å². The zero-order chi connectivity index (χ0) is 25.1. The minimum absolute atomic E-state index is 0.119. The first-order chi connectivity index (χ1) is 16.5. The fourth-order valence-electron chi connectivity index (χ4n) is 4.79. The minimum Gasteiger partial charge on any atom is -0.383 e. The zero-order valence-corrected chi connectivity index (χ0v) is 20.4. The second-order valence-corrected chi connectivity index (χ2v) is 10.9. The Labute approximate surface area is 207 Å². The number of anilines is 3. The Morgan fingerprint density at radius 3 is 2.49 bits per heavy atom. The molecule has 8 nitrogen and oxygen atoms in total. The van der Waals surface area contributed by atoms with E-state index in [0.717, 1.165) is 17.3 Å². The molecule has 5 rings (SSSR count). The third-order valence-electron chi connectivity index (χ3n) is 6.57. The van der Waals surface area contributed by atoms with Gasteiger partial charge < -0.3 is 15.5 Å². The molecule has 0 radical (unpaired) electrons. The summed E-state index contributed by atoms with van der Waals surface area (Å²) in [5.74, 6) is -0.939. The van der Waals surface area contributed by atoms with Gasteiger partial charge in [0, 0.05) is 42.3 Å². The van der Waals surface area contributed by atoms with E-state index in [2.05, 4.69) is 9.88 Å². The first-order valence-electron chi connectivity index (χ1n) is 11.0. The minimum atomic E-state index is -4.25. The summed E-state index contributed by atoms with van der Waals surface area (Å²) in [5.41, 5.74) is 9.44. The highest BCUT2D eigenvalue weighted by molar-refractivity contribution is 7.89. The number of primary sulfonamides is 1. The Morgan fingerprint density at radius 2 is 1.86 bits per heavy atom. The molecule has 35 heavy (non-hydrogen) atoms. The van der Waals surface area contributed by atoms with Gasteiger partial charge in [0.15, 0.2) is 0 Å². The summed E-state index contributed by atoms with van der Waals surface area (Å²) in [6.07, 6.45) is 2.00. The molecule has 182 valence electrons. The van der Waals surface area contributed by atoms with Crippen LogP contribution in [0.5, 0.6) is 0 Å². The lowest BCUT2D eigenvalue weighted by molar-refractivity contribution is -0.123. The number of hydrogen-bond donors (Lipinski definition) is 2. The fourth-order valence-corrected chi connectivity index (χ4v) is 5.66. The van der Waals surface area contributed by atoms with Crippen LogP contribution >= 0.6 is 11.6 Å². The summed E-state index contributed by atoms with van der Waals surface area (Å²) in [7, 11) is -4.25. The molecule has 2 aliphatic heterocycles. The van der Waals surface area contributed by atoms with Crippen molar-refractivity contribution >= 4 is 44.7 Å². The highest BCUT2D eigenvalue weighted by Gasteiger charge is 2.41. The summed E-state index contributed by atoms with van der Waals surface area (Å²) < 4.78 is 37.8. The summed E-state index contributed by atoms with van der Waals surface area (Å²) in [6, 6.07) is 11.5. The molecule has 2 aliphatic rings. The van der Waals surface area contributed by atoms with Crippen LogP contribution in [0.3, 0.4) is 0 Å². The average Bonchev–Trinajstić information content (AvgIpc) is 3.06. The molecule has 4 N–H and O–H groups in total. The SMILES string of the molecule is C[C@@H]1Cc2cc(F)c(S(N)(=O)=O)cc2N1C(=O)C1CN(c2ccc(-c3c(Cl)ccnc3N)cc2)C1. The number of halogens is 2. The Morgan fingerprint density at radius 1 is 1.17 bits per heavy atom. The first kappa shape index (κ1) is 23.5. The van der Waals surface area contributed by atoms with Crippen LogP contribution in [0.15, 0.2) is 53.6 Å². The van der Waals surface area contributed by atoms with Crippen LogP contribution in [0.1, 0.15) is 12.5 Å². The number of aromatic nitrogens is 1. The van der Waals surface area contributed by atoms with Gasteiger partial charge in [-0.05, 0) is 54.8 Å². The van der Waals surface area contributed by atoms with Crippen LogP contribution in [0.2, 0.25) is 5.02 Å². The van der Waals surface area contributed by atoms with E-state index in [1.807, 2.05) is 31.2 Å². The Bertz CT molecular complexity index is 1420. The zero-order valence-electron chi connectivity index (χ0n) is 18.8. The highest BCUT2D eigenvalue weighted by atomic mass is 35.5. The third kappa shape index (κ3) is 4.11. The first-order valence-corrected chi connectivity index (χ1v) is 12.9. The summed E-state index contributed by atoms with van der Waals surface area (Å²) in [4.78, 5) is 20.5. The van der Waals surface area contributed by atoms with Gasteiger partial charge in [-0.2, -0.15) is 0 Å². The van der Waals surface area contributed by atoms with Gasteiger partial charge in [0.2, 0.25) is 15.9 Å². The molecular weight excluding hydrogens is 493 g/mol. The van der Waals surface area contributed by atoms with Crippen LogP contribution in [0, 0.1) is 11.7 Å². The van der Waals surface area contributed by atoms with Crippen molar-refractivity contribution in [1.29, 1.82) is 0 Å². The molecule has 0 spiro atoms. The summed E-state index contributed by atoms with van der Waals surface area (Å²) in [6.45, 7) is 2.88. The molecule has 3 heterocycles. The van der Waals surface area contributed by atoms with E-state index in [-0.39, 0.29) is 17.9 Å². The average molecular weight is 516 g/mol. The number of amides is 1. The molecule has 0 saturated carbocycles. The predicted molar refractivity (Wildman–Crippen MR) is 133 cm³/mol. The van der Waals surface area contributed by atoms with E-state index in [0.29, 0.717) is 47.2 Å². The maximum Gasteiger partial charge on any atom is 0.241 e. The summed E-state index contributed by atoms with van der Waals surface area (Å²) >= 11 is 6.28. The standard InChI is InChI=1S/C24H23ClFN5O3S/c1-13-8-15-9-19(26)21(35(28,33)34)10-20(15)31(13)24(32)16-11-30(12-16)17-4-2-14(3-5-17)22-18(25)6-7-29-23(22)27/h2-7,9-10,13,16H,8,11-12H2,1H3,(H2,27,29)(H2,28,33,34)/t13-/m1/s1. The number of nitrogen functional groups attached to an aromatic ring is 1. The Kier molecular flexibility index (Phi) is 5.70. The second kappa shape index (κ2) is 8.47. The van der Waals surface area contributed by atoms with E-state index in [9.17, 15) is 17.6 Å². The van der Waals surface area contributed by atoms with Gasteiger partial charge in [0.1, 0.15) is 16.5 Å². The van der Waals surface area contributed by atoms with Crippen LogP contribution < -0.4 is 20.7 Å². The molecule has 1 atom stereocenters. The topological polar surface area (TPSA) is 123 Å². The van der Waals surface area contributed by atoms with Crippen LogP contribution in [0.25, 0.3) is 11.1 Å². The number of hydrogen-bond acceptors (Lipinski definition) is 6. The number of benzene rings is 2. The number of nitrogens with zero attached hydrogens (tertiary/aromatic N) is 3. The lowest BCUT2D eigenvalue weighted by atomic mass is 9.96. The maximum atomic E-state index is 14.3. The molecule has 1 saturated heterocycles.